The van der Waals surface area contributed by atoms with Crippen molar-refractivity contribution in [3.05, 3.63) is 75.1 Å². The average Bonchev–Trinajstić information content (AvgIpc) is 2.80. The molecule has 1 aromatic heterocycles. The number of fused-ring (bicyclic) bond motifs is 1. The highest BCUT2D eigenvalue weighted by Gasteiger charge is 2.32. The summed E-state index contributed by atoms with van der Waals surface area (Å²) in [4.78, 5) is 21.4. The zero-order chi connectivity index (χ0) is 24.6. The van der Waals surface area contributed by atoms with Crippen LogP contribution in [0.2, 0.25) is 5.02 Å². The number of methoxy groups -OCH3 is 1. The number of rotatable bonds is 5. The van der Waals surface area contributed by atoms with Crippen LogP contribution in [-0.4, -0.2) is 42.3 Å². The lowest BCUT2D eigenvalue weighted by Crippen LogP contribution is -2.37. The Hall–Kier alpha value is -3.01. The van der Waals surface area contributed by atoms with Gasteiger partial charge in [0.1, 0.15) is 5.75 Å². The fraction of sp³-hybridized carbons (Fsp3) is 0.292. The molecule has 2 aromatic carbocycles. The minimum Gasteiger partial charge on any atom is -0.496 e. The van der Waals surface area contributed by atoms with E-state index in [1.54, 1.807) is 57.5 Å². The summed E-state index contributed by atoms with van der Waals surface area (Å²) in [6, 6.07) is 8.33. The van der Waals surface area contributed by atoms with Gasteiger partial charge in [-0.15, -0.1) is 0 Å². The summed E-state index contributed by atoms with van der Waals surface area (Å²) in [6.07, 6.45) is 1.97. The number of carbonyl (C=O) groups excluding carboxylic acids is 1. The van der Waals surface area contributed by atoms with E-state index in [0.717, 1.165) is 5.56 Å². The normalized spacial score (nSPS) is 13.9. The van der Waals surface area contributed by atoms with Gasteiger partial charge < -0.3 is 4.74 Å². The van der Waals surface area contributed by atoms with Crippen LogP contribution < -0.4 is 10.1 Å². The van der Waals surface area contributed by atoms with Gasteiger partial charge in [-0.1, -0.05) is 17.7 Å². The lowest BCUT2D eigenvalue weighted by molar-refractivity contribution is 0.102. The van der Waals surface area contributed by atoms with Crippen molar-refractivity contribution in [2.45, 2.75) is 38.6 Å². The maximum atomic E-state index is 13.6. The molecule has 0 bridgehead atoms. The van der Waals surface area contributed by atoms with Crippen molar-refractivity contribution in [2.75, 3.05) is 19.0 Å². The number of hydrogen-bond donors (Lipinski definition) is 1. The van der Waals surface area contributed by atoms with Crippen molar-refractivity contribution in [2.24, 2.45) is 0 Å². The Balaban J connectivity index is 1.57. The van der Waals surface area contributed by atoms with E-state index in [9.17, 15) is 13.2 Å². The number of amides is 1. The van der Waals surface area contributed by atoms with E-state index in [0.29, 0.717) is 50.0 Å². The van der Waals surface area contributed by atoms with Crippen molar-refractivity contribution in [1.29, 1.82) is 0 Å². The predicted molar refractivity (Wildman–Crippen MR) is 130 cm³/mol. The van der Waals surface area contributed by atoms with Gasteiger partial charge in [0, 0.05) is 41.9 Å². The molecular formula is C24H25ClN4O4S. The number of nitrogens with zero attached hydrogens (tertiary/aromatic N) is 3. The molecular weight excluding hydrogens is 476 g/mol. The molecule has 3 aromatic rings. The predicted octanol–water partition coefficient (Wildman–Crippen LogP) is 4.06. The van der Waals surface area contributed by atoms with Gasteiger partial charge in [-0.2, -0.15) is 4.31 Å². The molecule has 0 unspecified atom stereocenters. The summed E-state index contributed by atoms with van der Waals surface area (Å²) in [5, 5.41) is 3.13. The van der Waals surface area contributed by atoms with Crippen LogP contribution >= 0.6 is 11.6 Å². The van der Waals surface area contributed by atoms with Crippen LogP contribution in [0.4, 0.5) is 5.95 Å². The van der Waals surface area contributed by atoms with Crippen LogP contribution in [0.15, 0.2) is 41.4 Å². The molecule has 0 saturated heterocycles. The minimum atomic E-state index is -3.74. The highest BCUT2D eigenvalue weighted by molar-refractivity contribution is 7.89. The largest absolute Gasteiger partial charge is 0.496 e. The Labute approximate surface area is 204 Å². The van der Waals surface area contributed by atoms with Crippen LogP contribution in [0.3, 0.4) is 0 Å². The number of aromatic nitrogens is 2. The van der Waals surface area contributed by atoms with Crippen molar-refractivity contribution >= 4 is 33.5 Å². The van der Waals surface area contributed by atoms with Gasteiger partial charge in [0.05, 0.1) is 17.7 Å². The summed E-state index contributed by atoms with van der Waals surface area (Å²) in [6.45, 7) is 5.86. The second-order valence-electron chi connectivity index (χ2n) is 8.19. The monoisotopic (exact) mass is 500 g/mol. The topological polar surface area (TPSA) is 101 Å². The first-order valence-corrected chi connectivity index (χ1v) is 12.5. The fourth-order valence-electron chi connectivity index (χ4n) is 4.12. The van der Waals surface area contributed by atoms with E-state index in [4.69, 9.17) is 16.3 Å². The van der Waals surface area contributed by atoms with E-state index in [-0.39, 0.29) is 24.9 Å². The molecule has 1 amide bonds. The number of aryl methyl sites for hydroxylation is 1. The molecule has 0 aliphatic carbocycles. The van der Waals surface area contributed by atoms with E-state index in [1.807, 2.05) is 6.92 Å². The molecule has 0 atom stereocenters. The molecule has 34 heavy (non-hydrogen) atoms. The Morgan fingerprint density at radius 2 is 1.94 bits per heavy atom. The molecule has 1 aliphatic rings. The zero-order valence-electron chi connectivity index (χ0n) is 19.3. The average molecular weight is 501 g/mol. The van der Waals surface area contributed by atoms with E-state index >= 15 is 0 Å². The Morgan fingerprint density at radius 1 is 1.18 bits per heavy atom. The maximum Gasteiger partial charge on any atom is 0.258 e. The van der Waals surface area contributed by atoms with E-state index in [2.05, 4.69) is 15.3 Å². The molecule has 178 valence electrons. The van der Waals surface area contributed by atoms with Gasteiger partial charge in [-0.25, -0.2) is 18.4 Å². The summed E-state index contributed by atoms with van der Waals surface area (Å²) < 4.78 is 34.0. The van der Waals surface area contributed by atoms with Gasteiger partial charge in [0.2, 0.25) is 16.0 Å². The number of nitrogens with one attached hydrogen (secondary N) is 1. The zero-order valence-corrected chi connectivity index (χ0v) is 20.9. The molecule has 0 fully saturated rings. The highest BCUT2D eigenvalue weighted by atomic mass is 35.5. The van der Waals surface area contributed by atoms with E-state index < -0.39 is 10.0 Å². The summed E-state index contributed by atoms with van der Waals surface area (Å²) in [5.41, 5.74) is 3.93. The Bertz CT molecular complexity index is 1390. The number of ether oxygens (including phenoxy) is 1. The molecule has 0 radical (unpaired) electrons. The van der Waals surface area contributed by atoms with Gasteiger partial charge >= 0.3 is 0 Å². The molecule has 2 heterocycles. The van der Waals surface area contributed by atoms with Crippen LogP contribution in [0.1, 0.15) is 38.3 Å². The molecule has 1 N–H and O–H groups in total. The third-order valence-electron chi connectivity index (χ3n) is 6.01. The van der Waals surface area contributed by atoms with Crippen molar-refractivity contribution in [1.82, 2.24) is 14.3 Å². The van der Waals surface area contributed by atoms with Crippen LogP contribution in [0.5, 0.6) is 5.75 Å². The first kappa shape index (κ1) is 24.1. The molecule has 0 saturated carbocycles. The smallest absolute Gasteiger partial charge is 0.258 e. The second kappa shape index (κ2) is 9.32. The minimum absolute atomic E-state index is 0.157. The van der Waals surface area contributed by atoms with Gasteiger partial charge in [0.25, 0.3) is 5.91 Å². The van der Waals surface area contributed by atoms with Gasteiger partial charge in [-0.05, 0) is 61.7 Å². The van der Waals surface area contributed by atoms with Crippen LogP contribution in [0.25, 0.3) is 0 Å². The third-order valence-corrected chi connectivity index (χ3v) is 8.38. The third kappa shape index (κ3) is 4.51. The molecule has 8 nitrogen and oxygen atoms in total. The molecule has 0 spiro atoms. The summed E-state index contributed by atoms with van der Waals surface area (Å²) >= 11 is 5.95. The van der Waals surface area contributed by atoms with Crippen molar-refractivity contribution in [3.63, 3.8) is 0 Å². The Kier molecular flexibility index (Phi) is 6.62. The second-order valence-corrected chi connectivity index (χ2v) is 10.5. The number of halogens is 1. The quantitative estimate of drug-likeness (QED) is 0.566. The SMILES string of the molecule is COc1cc(C)c(S(=O)(=O)N2CCc3nc(NC(=O)c4cccc(Cl)c4)ncc3C2)c(C)c1C. The summed E-state index contributed by atoms with van der Waals surface area (Å²) in [7, 11) is -2.17. The highest BCUT2D eigenvalue weighted by Crippen LogP contribution is 2.34. The number of benzene rings is 2. The van der Waals surface area contributed by atoms with Crippen molar-refractivity contribution < 1.29 is 17.9 Å². The first-order chi connectivity index (χ1) is 16.1. The standard InChI is InChI=1S/C24H25ClN4O4S/c1-14-10-21(33-4)15(2)16(3)22(14)34(31,32)29-9-8-20-18(13-29)12-26-24(27-20)28-23(30)17-6-5-7-19(25)11-17/h5-7,10-12H,8-9,13H2,1-4H3,(H,26,27,28,30). The lowest BCUT2D eigenvalue weighted by Gasteiger charge is -2.29. The molecule has 4 rings (SSSR count). The van der Waals surface area contributed by atoms with Crippen LogP contribution in [-0.2, 0) is 23.0 Å². The Morgan fingerprint density at radius 3 is 2.65 bits per heavy atom. The van der Waals surface area contributed by atoms with Crippen LogP contribution in [0, 0.1) is 20.8 Å². The fourth-order valence-corrected chi connectivity index (χ4v) is 6.21. The maximum absolute atomic E-state index is 13.6. The number of sulfonamides is 1. The first-order valence-electron chi connectivity index (χ1n) is 10.7. The molecule has 10 heteroatoms. The van der Waals surface area contributed by atoms with Gasteiger partial charge in [-0.3, -0.25) is 10.1 Å². The molecule has 1 aliphatic heterocycles. The summed E-state index contributed by atoms with van der Waals surface area (Å²) in [5.74, 6) is 0.458. The number of hydrogen-bond acceptors (Lipinski definition) is 6. The van der Waals surface area contributed by atoms with Gasteiger partial charge in [0.15, 0.2) is 0 Å². The number of carbonyl (C=O) groups is 1. The number of anilines is 1. The van der Waals surface area contributed by atoms with Crippen molar-refractivity contribution in [3.8, 4) is 5.75 Å². The van der Waals surface area contributed by atoms with E-state index in [1.165, 1.54) is 4.31 Å². The lowest BCUT2D eigenvalue weighted by atomic mass is 10.1.